The Balaban J connectivity index is 1.79. The minimum atomic E-state index is 0.458. The van der Waals surface area contributed by atoms with Gasteiger partial charge in [-0.25, -0.2) is 9.98 Å². The molecule has 1 aromatic heterocycles. The number of guanidine groups is 1. The Bertz CT molecular complexity index is 664. The van der Waals surface area contributed by atoms with Crippen molar-refractivity contribution in [1.29, 1.82) is 0 Å². The van der Waals surface area contributed by atoms with Gasteiger partial charge in [-0.05, 0) is 31.9 Å². The molecule has 0 unspecified atom stereocenters. The molecule has 0 aliphatic rings. The van der Waals surface area contributed by atoms with Gasteiger partial charge < -0.3 is 15.4 Å². The number of hydrogen-bond donors (Lipinski definition) is 2. The third-order valence-electron chi connectivity index (χ3n) is 3.56. The summed E-state index contributed by atoms with van der Waals surface area (Å²) in [6.07, 6.45) is 0. The summed E-state index contributed by atoms with van der Waals surface area (Å²) in [5.74, 6) is 2.13. The molecule has 0 fully saturated rings. The molecule has 0 saturated heterocycles. The van der Waals surface area contributed by atoms with E-state index in [4.69, 9.17) is 4.74 Å². The van der Waals surface area contributed by atoms with Crippen LogP contribution < -0.4 is 15.4 Å². The topological polar surface area (TPSA) is 58.5 Å². The Labute approximate surface area is 154 Å². The normalized spacial score (nSPS) is 11.6. The number of nitrogens with one attached hydrogen (secondary N) is 2. The number of hydrogen-bond acceptors (Lipinski definition) is 4. The lowest BCUT2D eigenvalue weighted by Gasteiger charge is -2.12. The lowest BCUT2D eigenvalue weighted by molar-refractivity contribution is 0.322. The van der Waals surface area contributed by atoms with E-state index < -0.39 is 0 Å². The summed E-state index contributed by atoms with van der Waals surface area (Å²) in [6, 6.07) is 8.08. The van der Waals surface area contributed by atoms with Gasteiger partial charge in [-0.1, -0.05) is 31.5 Å². The van der Waals surface area contributed by atoms with E-state index in [9.17, 15) is 0 Å². The predicted octanol–water partition coefficient (Wildman–Crippen LogP) is 3.71. The monoisotopic (exact) mass is 360 g/mol. The van der Waals surface area contributed by atoms with Gasteiger partial charge in [0.1, 0.15) is 17.4 Å². The molecular formula is C19H28N4OS. The fourth-order valence-electron chi connectivity index (χ4n) is 2.12. The Kier molecular flexibility index (Phi) is 7.73. The fourth-order valence-corrected chi connectivity index (χ4v) is 3.00. The number of rotatable bonds is 8. The van der Waals surface area contributed by atoms with E-state index in [1.165, 1.54) is 5.56 Å². The largest absolute Gasteiger partial charge is 0.492 e. The minimum absolute atomic E-state index is 0.458. The van der Waals surface area contributed by atoms with E-state index in [1.54, 1.807) is 11.3 Å². The van der Waals surface area contributed by atoms with E-state index in [1.807, 2.05) is 24.3 Å². The summed E-state index contributed by atoms with van der Waals surface area (Å²) in [5.41, 5.74) is 2.37. The molecule has 0 radical (unpaired) electrons. The van der Waals surface area contributed by atoms with Gasteiger partial charge >= 0.3 is 0 Å². The first-order valence-electron chi connectivity index (χ1n) is 8.74. The number of aliphatic imine (C=N–C) groups is 1. The Morgan fingerprint density at radius 2 is 2.00 bits per heavy atom. The highest BCUT2D eigenvalue weighted by Crippen LogP contribution is 2.18. The van der Waals surface area contributed by atoms with Gasteiger partial charge in [0.05, 0.1) is 18.8 Å². The molecule has 0 bridgehead atoms. The van der Waals surface area contributed by atoms with Crippen molar-refractivity contribution >= 4 is 17.3 Å². The van der Waals surface area contributed by atoms with Crippen LogP contribution in [-0.4, -0.2) is 30.6 Å². The SMILES string of the molecule is CCNC(=NCc1nc(C(C)C)cs1)NCCOc1ccc(C)cc1. The zero-order valence-corrected chi connectivity index (χ0v) is 16.3. The van der Waals surface area contributed by atoms with Crippen LogP contribution in [0.5, 0.6) is 5.75 Å². The van der Waals surface area contributed by atoms with Crippen LogP contribution in [0.25, 0.3) is 0 Å². The second-order valence-corrected chi connectivity index (χ2v) is 7.05. The van der Waals surface area contributed by atoms with Crippen molar-refractivity contribution in [2.75, 3.05) is 19.7 Å². The minimum Gasteiger partial charge on any atom is -0.492 e. The number of benzene rings is 1. The maximum absolute atomic E-state index is 5.73. The molecule has 2 aromatic rings. The molecule has 5 nitrogen and oxygen atoms in total. The number of aryl methyl sites for hydroxylation is 1. The van der Waals surface area contributed by atoms with Crippen LogP contribution in [0.1, 0.15) is 43.0 Å². The molecule has 1 heterocycles. The van der Waals surface area contributed by atoms with Crippen molar-refractivity contribution in [3.8, 4) is 5.75 Å². The Morgan fingerprint density at radius 1 is 1.24 bits per heavy atom. The van der Waals surface area contributed by atoms with Gasteiger partial charge in [0.25, 0.3) is 0 Å². The van der Waals surface area contributed by atoms with Crippen LogP contribution in [0.15, 0.2) is 34.6 Å². The van der Waals surface area contributed by atoms with Gasteiger partial charge in [-0.2, -0.15) is 0 Å². The summed E-state index contributed by atoms with van der Waals surface area (Å²) in [7, 11) is 0. The van der Waals surface area contributed by atoms with E-state index >= 15 is 0 Å². The summed E-state index contributed by atoms with van der Waals surface area (Å²) in [5, 5.41) is 9.70. The van der Waals surface area contributed by atoms with Gasteiger partial charge in [-0.15, -0.1) is 11.3 Å². The third-order valence-corrected chi connectivity index (χ3v) is 4.41. The summed E-state index contributed by atoms with van der Waals surface area (Å²) in [4.78, 5) is 9.22. The smallest absolute Gasteiger partial charge is 0.191 e. The zero-order valence-electron chi connectivity index (χ0n) is 15.5. The van der Waals surface area contributed by atoms with E-state index in [0.29, 0.717) is 25.6 Å². The summed E-state index contributed by atoms with van der Waals surface area (Å²) >= 11 is 1.67. The Hall–Kier alpha value is -2.08. The molecule has 0 aliphatic carbocycles. The molecule has 0 saturated carbocycles. The number of ether oxygens (including phenoxy) is 1. The maximum Gasteiger partial charge on any atom is 0.191 e. The highest BCUT2D eigenvalue weighted by atomic mass is 32.1. The second-order valence-electron chi connectivity index (χ2n) is 6.10. The molecule has 136 valence electrons. The molecule has 0 amide bonds. The van der Waals surface area contributed by atoms with E-state index in [2.05, 4.69) is 53.7 Å². The quantitative estimate of drug-likeness (QED) is 0.428. The number of nitrogens with zero attached hydrogens (tertiary/aromatic N) is 2. The van der Waals surface area contributed by atoms with E-state index in [-0.39, 0.29) is 0 Å². The molecular weight excluding hydrogens is 332 g/mol. The van der Waals surface area contributed by atoms with E-state index in [0.717, 1.165) is 29.0 Å². The van der Waals surface area contributed by atoms with Crippen molar-refractivity contribution in [3.63, 3.8) is 0 Å². The third kappa shape index (κ3) is 6.74. The van der Waals surface area contributed by atoms with Crippen molar-refractivity contribution in [2.24, 2.45) is 4.99 Å². The number of aromatic nitrogens is 1. The zero-order chi connectivity index (χ0) is 18.1. The van der Waals surface area contributed by atoms with Crippen LogP contribution in [0.4, 0.5) is 0 Å². The van der Waals surface area contributed by atoms with Crippen molar-refractivity contribution < 1.29 is 4.74 Å². The first kappa shape index (κ1) is 19.2. The standard InChI is InChI=1S/C19H28N4OS/c1-5-20-19(22-12-18-23-17(13-25-18)14(2)3)21-10-11-24-16-8-6-15(4)7-9-16/h6-9,13-14H,5,10-12H2,1-4H3,(H2,20,21,22). The van der Waals surface area contributed by atoms with Crippen LogP contribution >= 0.6 is 11.3 Å². The molecule has 1 aromatic carbocycles. The highest BCUT2D eigenvalue weighted by Gasteiger charge is 2.05. The van der Waals surface area contributed by atoms with Crippen LogP contribution in [-0.2, 0) is 6.54 Å². The first-order chi connectivity index (χ1) is 12.1. The highest BCUT2D eigenvalue weighted by molar-refractivity contribution is 7.09. The van der Waals surface area contributed by atoms with Gasteiger partial charge in [-0.3, -0.25) is 0 Å². The van der Waals surface area contributed by atoms with Gasteiger partial charge in [0, 0.05) is 11.9 Å². The van der Waals surface area contributed by atoms with Gasteiger partial charge in [0.2, 0.25) is 0 Å². The summed E-state index contributed by atoms with van der Waals surface area (Å²) < 4.78 is 5.73. The first-order valence-corrected chi connectivity index (χ1v) is 9.62. The molecule has 0 aliphatic heterocycles. The average Bonchev–Trinajstić information content (AvgIpc) is 3.07. The van der Waals surface area contributed by atoms with Crippen molar-refractivity contribution in [1.82, 2.24) is 15.6 Å². The van der Waals surface area contributed by atoms with Gasteiger partial charge in [0.15, 0.2) is 5.96 Å². The number of thiazole rings is 1. The molecule has 2 rings (SSSR count). The average molecular weight is 361 g/mol. The lowest BCUT2D eigenvalue weighted by atomic mass is 10.2. The molecule has 25 heavy (non-hydrogen) atoms. The Morgan fingerprint density at radius 3 is 2.64 bits per heavy atom. The van der Waals surface area contributed by atoms with Crippen molar-refractivity contribution in [2.45, 2.75) is 40.2 Å². The van der Waals surface area contributed by atoms with Crippen LogP contribution in [0, 0.1) is 6.92 Å². The molecule has 2 N–H and O–H groups in total. The molecule has 6 heteroatoms. The van der Waals surface area contributed by atoms with Crippen LogP contribution in [0.3, 0.4) is 0 Å². The molecule has 0 atom stereocenters. The van der Waals surface area contributed by atoms with Crippen LogP contribution in [0.2, 0.25) is 0 Å². The fraction of sp³-hybridized carbons (Fsp3) is 0.474. The predicted molar refractivity (Wildman–Crippen MR) is 106 cm³/mol. The summed E-state index contributed by atoms with van der Waals surface area (Å²) in [6.45, 7) is 11.1. The van der Waals surface area contributed by atoms with Crippen molar-refractivity contribution in [3.05, 3.63) is 45.9 Å². The second kappa shape index (κ2) is 10.0. The lowest BCUT2D eigenvalue weighted by Crippen LogP contribution is -2.39. The maximum atomic E-state index is 5.73. The molecule has 0 spiro atoms.